The normalized spacial score (nSPS) is 13.1. The van der Waals surface area contributed by atoms with Crippen LogP contribution in [0, 0.1) is 0 Å². The van der Waals surface area contributed by atoms with Crippen molar-refractivity contribution in [3.63, 3.8) is 0 Å². The molecule has 0 aromatic heterocycles. The van der Waals surface area contributed by atoms with E-state index in [1.807, 2.05) is 6.92 Å². The average Bonchev–Trinajstić information content (AvgIpc) is 2.61. The first-order valence-corrected chi connectivity index (χ1v) is 10.8. The molecule has 0 fully saturated rings. The van der Waals surface area contributed by atoms with Crippen molar-refractivity contribution in [2.75, 3.05) is 15.9 Å². The van der Waals surface area contributed by atoms with Gasteiger partial charge < -0.3 is 5.32 Å². The van der Waals surface area contributed by atoms with E-state index in [1.54, 1.807) is 24.3 Å². The molecule has 2 rings (SSSR count). The van der Waals surface area contributed by atoms with E-state index in [1.165, 1.54) is 13.0 Å². The van der Waals surface area contributed by atoms with Crippen LogP contribution in [0.4, 0.5) is 24.5 Å². The Hall–Kier alpha value is -2.26. The van der Waals surface area contributed by atoms with E-state index in [0.717, 1.165) is 28.6 Å². The van der Waals surface area contributed by atoms with Crippen molar-refractivity contribution < 1.29 is 26.4 Å². The zero-order valence-corrected chi connectivity index (χ0v) is 17.5. The maximum atomic E-state index is 13.0. The Kier molecular flexibility index (Phi) is 6.85. The van der Waals surface area contributed by atoms with Crippen LogP contribution < -0.4 is 9.62 Å². The van der Waals surface area contributed by atoms with Gasteiger partial charge in [-0.25, -0.2) is 8.42 Å². The van der Waals surface area contributed by atoms with Gasteiger partial charge in [0.05, 0.1) is 22.5 Å². The van der Waals surface area contributed by atoms with Crippen LogP contribution in [-0.2, 0) is 27.4 Å². The average molecular weight is 449 g/mol. The topological polar surface area (TPSA) is 66.5 Å². The second kappa shape index (κ2) is 8.62. The molecular formula is C19H20ClF3N2O3S. The molecule has 29 heavy (non-hydrogen) atoms. The van der Waals surface area contributed by atoms with Gasteiger partial charge in [0.25, 0.3) is 0 Å². The predicted octanol–water partition coefficient (Wildman–Crippen LogP) is 4.71. The minimum Gasteiger partial charge on any atom is -0.324 e. The first-order chi connectivity index (χ1) is 13.3. The van der Waals surface area contributed by atoms with Crippen LogP contribution in [0.1, 0.15) is 25.0 Å². The number of hydrogen-bond donors (Lipinski definition) is 1. The summed E-state index contributed by atoms with van der Waals surface area (Å²) < 4.78 is 64.5. The number of nitrogens with one attached hydrogen (secondary N) is 1. The summed E-state index contributed by atoms with van der Waals surface area (Å²) in [5.74, 6) is -0.787. The smallest absolute Gasteiger partial charge is 0.324 e. The summed E-state index contributed by atoms with van der Waals surface area (Å²) in [7, 11) is -3.84. The van der Waals surface area contributed by atoms with Gasteiger partial charge in [0, 0.05) is 5.69 Å². The molecule has 5 nitrogen and oxygen atoms in total. The Morgan fingerprint density at radius 2 is 1.76 bits per heavy atom. The van der Waals surface area contributed by atoms with Gasteiger partial charge in [-0.1, -0.05) is 30.7 Å². The predicted molar refractivity (Wildman–Crippen MR) is 108 cm³/mol. The van der Waals surface area contributed by atoms with Crippen LogP contribution in [0.15, 0.2) is 42.5 Å². The van der Waals surface area contributed by atoms with Gasteiger partial charge in [-0.3, -0.25) is 9.10 Å². The first kappa shape index (κ1) is 23.0. The second-order valence-corrected chi connectivity index (χ2v) is 8.70. The van der Waals surface area contributed by atoms with Crippen molar-refractivity contribution in [3.05, 3.63) is 58.6 Å². The summed E-state index contributed by atoms with van der Waals surface area (Å²) in [5.41, 5.74) is 0.0210. The lowest BCUT2D eigenvalue weighted by Crippen LogP contribution is -2.45. The molecule has 0 saturated carbocycles. The Morgan fingerprint density at radius 3 is 2.24 bits per heavy atom. The molecule has 1 atom stereocenters. The number of amides is 1. The Morgan fingerprint density at radius 1 is 1.17 bits per heavy atom. The van der Waals surface area contributed by atoms with Gasteiger partial charge in [-0.15, -0.1) is 0 Å². The molecule has 0 unspecified atom stereocenters. The number of hydrogen-bond acceptors (Lipinski definition) is 3. The van der Waals surface area contributed by atoms with Crippen LogP contribution in [0.2, 0.25) is 5.02 Å². The highest BCUT2D eigenvalue weighted by molar-refractivity contribution is 7.92. The second-order valence-electron chi connectivity index (χ2n) is 6.44. The SMILES string of the molecule is CCc1ccc(N([C@@H](C)C(=O)Nc2ccc(Cl)c(C(F)(F)F)c2)S(C)(=O)=O)cc1. The van der Waals surface area contributed by atoms with Crippen LogP contribution in [-0.4, -0.2) is 26.6 Å². The van der Waals surface area contributed by atoms with Crippen molar-refractivity contribution in [1.29, 1.82) is 0 Å². The van der Waals surface area contributed by atoms with Crippen molar-refractivity contribution in [2.45, 2.75) is 32.5 Å². The Balaban J connectivity index is 2.32. The zero-order valence-electron chi connectivity index (χ0n) is 15.9. The maximum Gasteiger partial charge on any atom is 0.417 e. The summed E-state index contributed by atoms with van der Waals surface area (Å²) >= 11 is 5.57. The number of benzene rings is 2. The van der Waals surface area contributed by atoms with Crippen molar-refractivity contribution >= 4 is 38.9 Å². The van der Waals surface area contributed by atoms with Crippen LogP contribution in [0.3, 0.4) is 0 Å². The lowest BCUT2D eigenvalue weighted by atomic mass is 10.1. The standard InChI is InChI=1S/C19H20ClF3N2O3S/c1-4-13-5-8-15(9-6-13)25(29(3,27)28)12(2)18(26)24-14-7-10-17(20)16(11-14)19(21,22)23/h5-12H,4H2,1-3H3,(H,24,26)/t12-/m0/s1. The van der Waals surface area contributed by atoms with E-state index in [0.29, 0.717) is 6.07 Å². The monoisotopic (exact) mass is 448 g/mol. The maximum absolute atomic E-state index is 13.0. The van der Waals surface area contributed by atoms with Gasteiger partial charge in [-0.2, -0.15) is 13.2 Å². The van der Waals surface area contributed by atoms with Gasteiger partial charge in [0.1, 0.15) is 6.04 Å². The number of rotatable bonds is 6. The lowest BCUT2D eigenvalue weighted by molar-refractivity contribution is -0.137. The highest BCUT2D eigenvalue weighted by atomic mass is 35.5. The highest BCUT2D eigenvalue weighted by Gasteiger charge is 2.34. The number of sulfonamides is 1. The van der Waals surface area contributed by atoms with Crippen molar-refractivity contribution in [1.82, 2.24) is 0 Å². The van der Waals surface area contributed by atoms with Gasteiger partial charge >= 0.3 is 6.18 Å². The number of nitrogens with zero attached hydrogens (tertiary/aromatic N) is 1. The summed E-state index contributed by atoms with van der Waals surface area (Å²) in [6, 6.07) is 8.36. The molecule has 1 amide bonds. The number of halogens is 4. The molecule has 0 spiro atoms. The van der Waals surface area contributed by atoms with Gasteiger partial charge in [-0.05, 0) is 49.2 Å². The fraction of sp³-hybridized carbons (Fsp3) is 0.316. The fourth-order valence-corrected chi connectivity index (χ4v) is 4.15. The quantitative estimate of drug-likeness (QED) is 0.695. The zero-order chi connectivity index (χ0) is 22.0. The molecule has 0 aliphatic carbocycles. The minimum absolute atomic E-state index is 0.145. The molecule has 0 bridgehead atoms. The van der Waals surface area contributed by atoms with E-state index >= 15 is 0 Å². The molecule has 10 heteroatoms. The summed E-state index contributed by atoms with van der Waals surface area (Å²) in [6.07, 6.45) is -2.98. The minimum atomic E-state index is -4.69. The largest absolute Gasteiger partial charge is 0.417 e. The summed E-state index contributed by atoms with van der Waals surface area (Å²) in [4.78, 5) is 12.6. The van der Waals surface area contributed by atoms with Gasteiger partial charge in [0.15, 0.2) is 0 Å². The van der Waals surface area contributed by atoms with Crippen LogP contribution >= 0.6 is 11.6 Å². The van der Waals surface area contributed by atoms with E-state index in [2.05, 4.69) is 5.32 Å². The molecule has 0 heterocycles. The molecular weight excluding hydrogens is 429 g/mol. The molecule has 2 aromatic rings. The van der Waals surface area contributed by atoms with Crippen LogP contribution in [0.25, 0.3) is 0 Å². The number of anilines is 2. The third-order valence-electron chi connectivity index (χ3n) is 4.23. The van der Waals surface area contributed by atoms with Crippen molar-refractivity contribution in [2.24, 2.45) is 0 Å². The Bertz CT molecular complexity index is 993. The van der Waals surface area contributed by atoms with Gasteiger partial charge in [0.2, 0.25) is 15.9 Å². The third-order valence-corrected chi connectivity index (χ3v) is 5.80. The summed E-state index contributed by atoms with van der Waals surface area (Å²) in [6.45, 7) is 3.30. The number of aryl methyl sites for hydroxylation is 1. The molecule has 2 aromatic carbocycles. The van der Waals surface area contributed by atoms with E-state index in [9.17, 15) is 26.4 Å². The number of carbonyl (C=O) groups excluding carboxylic acids is 1. The Labute approximate surface area is 172 Å². The molecule has 0 aliphatic heterocycles. The number of alkyl halides is 3. The van der Waals surface area contributed by atoms with E-state index in [4.69, 9.17) is 11.6 Å². The van der Waals surface area contributed by atoms with Crippen LogP contribution in [0.5, 0.6) is 0 Å². The van der Waals surface area contributed by atoms with E-state index < -0.39 is 38.7 Å². The molecule has 0 aliphatic rings. The lowest BCUT2D eigenvalue weighted by Gasteiger charge is -2.28. The van der Waals surface area contributed by atoms with E-state index in [-0.39, 0.29) is 11.4 Å². The van der Waals surface area contributed by atoms with Crippen molar-refractivity contribution in [3.8, 4) is 0 Å². The molecule has 1 N–H and O–H groups in total. The molecule has 158 valence electrons. The third kappa shape index (κ3) is 5.63. The fourth-order valence-electron chi connectivity index (χ4n) is 2.75. The number of carbonyl (C=O) groups is 1. The molecule has 0 radical (unpaired) electrons. The summed E-state index contributed by atoms with van der Waals surface area (Å²) in [5, 5.41) is 1.82. The molecule has 0 saturated heterocycles. The first-order valence-electron chi connectivity index (χ1n) is 8.60. The highest BCUT2D eigenvalue weighted by Crippen LogP contribution is 2.36.